The van der Waals surface area contributed by atoms with Crippen molar-refractivity contribution in [1.29, 1.82) is 0 Å². The SMILES string of the molecule is COc1ccccc1CC(C)CNc1nc(-c2ccncc2)nc2sc3c(c12)CCCC3. The molecule has 1 aliphatic carbocycles. The van der Waals surface area contributed by atoms with E-state index in [-0.39, 0.29) is 0 Å². The summed E-state index contributed by atoms with van der Waals surface area (Å²) >= 11 is 1.84. The molecule has 164 valence electrons. The molecule has 5 rings (SSSR count). The Balaban J connectivity index is 1.45. The Bertz CT molecular complexity index is 1220. The maximum atomic E-state index is 5.54. The maximum Gasteiger partial charge on any atom is 0.163 e. The topological polar surface area (TPSA) is 59.9 Å². The van der Waals surface area contributed by atoms with Crippen molar-refractivity contribution in [3.05, 3.63) is 64.8 Å². The van der Waals surface area contributed by atoms with Crippen molar-refractivity contribution in [3.63, 3.8) is 0 Å². The molecule has 6 heteroatoms. The lowest BCUT2D eigenvalue weighted by Crippen LogP contribution is -2.15. The van der Waals surface area contributed by atoms with E-state index in [1.165, 1.54) is 34.2 Å². The summed E-state index contributed by atoms with van der Waals surface area (Å²) in [6.07, 6.45) is 9.33. The zero-order valence-corrected chi connectivity index (χ0v) is 19.4. The number of thiophene rings is 1. The van der Waals surface area contributed by atoms with Crippen LogP contribution in [0.15, 0.2) is 48.8 Å². The van der Waals surface area contributed by atoms with E-state index in [2.05, 4.69) is 29.4 Å². The van der Waals surface area contributed by atoms with Gasteiger partial charge in [-0.15, -0.1) is 11.3 Å². The fourth-order valence-electron chi connectivity index (χ4n) is 4.51. The van der Waals surface area contributed by atoms with Crippen LogP contribution in [0.1, 0.15) is 35.8 Å². The van der Waals surface area contributed by atoms with Crippen LogP contribution in [-0.4, -0.2) is 28.6 Å². The van der Waals surface area contributed by atoms with Crippen molar-refractivity contribution in [2.75, 3.05) is 19.0 Å². The minimum Gasteiger partial charge on any atom is -0.496 e. The highest BCUT2D eigenvalue weighted by molar-refractivity contribution is 7.19. The molecule has 1 atom stereocenters. The van der Waals surface area contributed by atoms with Gasteiger partial charge in [-0.25, -0.2) is 9.97 Å². The second kappa shape index (κ2) is 9.25. The average Bonchev–Trinajstić information content (AvgIpc) is 3.22. The number of nitrogens with zero attached hydrogens (tertiary/aromatic N) is 3. The Hall–Kier alpha value is -2.99. The number of hydrogen-bond donors (Lipinski definition) is 1. The van der Waals surface area contributed by atoms with Gasteiger partial charge in [-0.05, 0) is 67.3 Å². The van der Waals surface area contributed by atoms with Crippen molar-refractivity contribution >= 4 is 27.4 Å². The van der Waals surface area contributed by atoms with Crippen LogP contribution < -0.4 is 10.1 Å². The van der Waals surface area contributed by atoms with Gasteiger partial charge < -0.3 is 10.1 Å². The maximum absolute atomic E-state index is 5.54. The lowest BCUT2D eigenvalue weighted by atomic mass is 9.96. The predicted octanol–water partition coefficient (Wildman–Crippen LogP) is 5.93. The van der Waals surface area contributed by atoms with Crippen LogP contribution in [0, 0.1) is 5.92 Å². The molecule has 0 saturated heterocycles. The first-order valence-electron chi connectivity index (χ1n) is 11.3. The monoisotopic (exact) mass is 444 g/mol. The second-order valence-electron chi connectivity index (χ2n) is 8.52. The summed E-state index contributed by atoms with van der Waals surface area (Å²) in [4.78, 5) is 16.7. The molecule has 1 unspecified atom stereocenters. The number of anilines is 1. The highest BCUT2D eigenvalue weighted by atomic mass is 32.1. The molecule has 32 heavy (non-hydrogen) atoms. The van der Waals surface area contributed by atoms with E-state index >= 15 is 0 Å². The second-order valence-corrected chi connectivity index (χ2v) is 9.61. The van der Waals surface area contributed by atoms with Crippen LogP contribution in [0.4, 0.5) is 5.82 Å². The number of para-hydroxylation sites is 1. The van der Waals surface area contributed by atoms with E-state index < -0.39 is 0 Å². The number of aromatic nitrogens is 3. The van der Waals surface area contributed by atoms with E-state index in [0.29, 0.717) is 5.92 Å². The van der Waals surface area contributed by atoms with Gasteiger partial charge in [0.2, 0.25) is 0 Å². The van der Waals surface area contributed by atoms with Crippen molar-refractivity contribution in [1.82, 2.24) is 15.0 Å². The zero-order chi connectivity index (χ0) is 21.9. The normalized spacial score (nSPS) is 14.2. The van der Waals surface area contributed by atoms with E-state index in [4.69, 9.17) is 14.7 Å². The summed E-state index contributed by atoms with van der Waals surface area (Å²) in [5.74, 6) is 3.11. The minimum atomic E-state index is 0.426. The smallest absolute Gasteiger partial charge is 0.163 e. The number of pyridine rings is 1. The van der Waals surface area contributed by atoms with Gasteiger partial charge in [-0.3, -0.25) is 4.98 Å². The lowest BCUT2D eigenvalue weighted by Gasteiger charge is -2.17. The van der Waals surface area contributed by atoms with Crippen molar-refractivity contribution < 1.29 is 4.74 Å². The van der Waals surface area contributed by atoms with Gasteiger partial charge in [0, 0.05) is 29.4 Å². The number of ether oxygens (including phenoxy) is 1. The minimum absolute atomic E-state index is 0.426. The number of hydrogen-bond acceptors (Lipinski definition) is 6. The highest BCUT2D eigenvalue weighted by Crippen LogP contribution is 2.39. The number of nitrogens with one attached hydrogen (secondary N) is 1. The molecule has 0 spiro atoms. The summed E-state index contributed by atoms with van der Waals surface area (Å²) in [6, 6.07) is 12.2. The third-order valence-electron chi connectivity index (χ3n) is 6.13. The van der Waals surface area contributed by atoms with Gasteiger partial charge in [-0.1, -0.05) is 25.1 Å². The predicted molar refractivity (Wildman–Crippen MR) is 132 cm³/mol. The molecular weight excluding hydrogens is 416 g/mol. The zero-order valence-electron chi connectivity index (χ0n) is 18.6. The van der Waals surface area contributed by atoms with Crippen molar-refractivity contribution in [2.24, 2.45) is 5.92 Å². The van der Waals surface area contributed by atoms with E-state index in [0.717, 1.165) is 53.6 Å². The number of benzene rings is 1. The summed E-state index contributed by atoms with van der Waals surface area (Å²) < 4.78 is 5.54. The Morgan fingerprint density at radius 1 is 1.06 bits per heavy atom. The first-order valence-corrected chi connectivity index (χ1v) is 12.1. The molecule has 0 amide bonds. The standard InChI is InChI=1S/C26H28N4OS/c1-17(15-19-7-3-5-9-21(19)31-2)16-28-25-23-20-8-4-6-10-22(20)32-26(23)30-24(29-25)18-11-13-27-14-12-18/h3,5,7,9,11-14,17H,4,6,8,10,15-16H2,1-2H3,(H,28,29,30). The molecule has 4 aromatic rings. The Morgan fingerprint density at radius 3 is 2.72 bits per heavy atom. The van der Waals surface area contributed by atoms with Crippen LogP contribution in [0.2, 0.25) is 0 Å². The van der Waals surface area contributed by atoms with Gasteiger partial charge in [0.15, 0.2) is 5.82 Å². The fourth-order valence-corrected chi connectivity index (χ4v) is 5.77. The molecule has 0 aliphatic heterocycles. The summed E-state index contributed by atoms with van der Waals surface area (Å²) in [5.41, 5.74) is 3.69. The molecule has 0 fully saturated rings. The average molecular weight is 445 g/mol. The quantitative estimate of drug-likeness (QED) is 0.383. The number of rotatable bonds is 7. The number of methoxy groups -OCH3 is 1. The molecule has 0 radical (unpaired) electrons. The molecule has 3 aromatic heterocycles. The molecule has 0 bridgehead atoms. The Labute approximate surface area is 192 Å². The Morgan fingerprint density at radius 2 is 1.88 bits per heavy atom. The number of fused-ring (bicyclic) bond motifs is 3. The van der Waals surface area contributed by atoms with Crippen LogP contribution in [-0.2, 0) is 19.3 Å². The molecular formula is C26H28N4OS. The first kappa shape index (κ1) is 20.9. The molecule has 1 aromatic carbocycles. The van der Waals surface area contributed by atoms with E-state index in [1.54, 1.807) is 19.5 Å². The molecule has 1 aliphatic rings. The van der Waals surface area contributed by atoms with Gasteiger partial charge in [0.1, 0.15) is 16.4 Å². The Kier molecular flexibility index (Phi) is 6.04. The third-order valence-corrected chi connectivity index (χ3v) is 7.32. The van der Waals surface area contributed by atoms with Crippen LogP contribution >= 0.6 is 11.3 Å². The van der Waals surface area contributed by atoms with Crippen LogP contribution in [0.25, 0.3) is 21.6 Å². The van der Waals surface area contributed by atoms with E-state index in [1.807, 2.05) is 35.6 Å². The fraction of sp³-hybridized carbons (Fsp3) is 0.346. The van der Waals surface area contributed by atoms with Gasteiger partial charge >= 0.3 is 0 Å². The first-order chi connectivity index (χ1) is 15.7. The molecule has 0 saturated carbocycles. The summed E-state index contributed by atoms with van der Waals surface area (Å²) in [5, 5.41) is 4.92. The number of aryl methyl sites for hydroxylation is 2. The largest absolute Gasteiger partial charge is 0.496 e. The summed E-state index contributed by atoms with van der Waals surface area (Å²) in [7, 11) is 1.74. The van der Waals surface area contributed by atoms with Crippen LogP contribution in [0.5, 0.6) is 5.75 Å². The van der Waals surface area contributed by atoms with Gasteiger partial charge in [0.05, 0.1) is 12.5 Å². The van der Waals surface area contributed by atoms with E-state index in [9.17, 15) is 0 Å². The van der Waals surface area contributed by atoms with Crippen LogP contribution in [0.3, 0.4) is 0 Å². The van der Waals surface area contributed by atoms with Gasteiger partial charge in [0.25, 0.3) is 0 Å². The molecule has 3 heterocycles. The van der Waals surface area contributed by atoms with Crippen molar-refractivity contribution in [3.8, 4) is 17.1 Å². The third kappa shape index (κ3) is 4.19. The molecule has 1 N–H and O–H groups in total. The lowest BCUT2D eigenvalue weighted by molar-refractivity contribution is 0.406. The van der Waals surface area contributed by atoms with Crippen molar-refractivity contribution in [2.45, 2.75) is 39.0 Å². The summed E-state index contributed by atoms with van der Waals surface area (Å²) in [6.45, 7) is 3.11. The highest BCUT2D eigenvalue weighted by Gasteiger charge is 2.22. The van der Waals surface area contributed by atoms with Gasteiger partial charge in [-0.2, -0.15) is 0 Å². The molecule has 5 nitrogen and oxygen atoms in total.